The molecule has 10 heteroatoms. The number of hydrogen-bond donors (Lipinski definition) is 0. The number of esters is 2. The number of carbonyl (C=O) groups is 2. The van der Waals surface area contributed by atoms with Gasteiger partial charge in [-0.2, -0.15) is 5.26 Å². The van der Waals surface area contributed by atoms with Gasteiger partial charge in [0.2, 0.25) is 0 Å². The Morgan fingerprint density at radius 1 is 0.629 bits per heavy atom. The van der Waals surface area contributed by atoms with Gasteiger partial charge in [-0.3, -0.25) is 9.59 Å². The minimum Gasteiger partial charge on any atom is -0.744 e. The first kappa shape index (κ1) is 66.2. The Balaban J connectivity index is -0.000000332. The van der Waals surface area contributed by atoms with Gasteiger partial charge in [0.05, 0.1) is 29.6 Å². The molecule has 0 aliphatic carbocycles. The number of rotatable bonds is 14. The third-order valence-corrected chi connectivity index (χ3v) is 11.9. The van der Waals surface area contributed by atoms with Crippen molar-refractivity contribution in [3.8, 4) is 6.07 Å². The minimum absolute atomic E-state index is 0. The normalized spacial score (nSPS) is 13.2. The van der Waals surface area contributed by atoms with Crippen LogP contribution in [0.1, 0.15) is 202 Å². The average molecular weight is 906 g/mol. The minimum atomic E-state index is -4.30. The van der Waals surface area contributed by atoms with Crippen LogP contribution in [0, 0.1) is 22.7 Å². The molecule has 8 nitrogen and oxygen atoms in total. The summed E-state index contributed by atoms with van der Waals surface area (Å²) in [4.78, 5) is 20.9. The SMILES string of the molecule is CCC(C)(C)C(=O)OC.CCC(C)C#N.CCC(C)OC(C)=O.CCC(C)c1ccc(C(C)CC)cc1.CCC(C)c1ccc(S(=O)(=O)[O-])cc1.CCC(C)c1ccccc1.[K+]. The van der Waals surface area contributed by atoms with Gasteiger partial charge in [0, 0.05) is 12.8 Å². The summed E-state index contributed by atoms with van der Waals surface area (Å²) in [6.45, 7) is 32.6. The van der Waals surface area contributed by atoms with E-state index in [1.807, 2.05) is 48.5 Å². The monoisotopic (exact) mass is 906 g/mol. The Hall–Kier alpha value is -2.36. The van der Waals surface area contributed by atoms with Gasteiger partial charge < -0.3 is 14.0 Å². The third kappa shape index (κ3) is 31.5. The Bertz CT molecular complexity index is 1680. The van der Waals surface area contributed by atoms with Crippen LogP contribution in [-0.4, -0.2) is 38.1 Å². The molecule has 0 radical (unpaired) electrons. The number of nitriles is 1. The second kappa shape index (κ2) is 38.0. The van der Waals surface area contributed by atoms with Gasteiger partial charge in [-0.15, -0.1) is 0 Å². The fourth-order valence-electron chi connectivity index (χ4n) is 4.72. The zero-order chi connectivity index (χ0) is 47.8. The third-order valence-electron chi connectivity index (χ3n) is 11.0. The summed E-state index contributed by atoms with van der Waals surface area (Å²) in [6, 6.07) is 28.0. The van der Waals surface area contributed by atoms with Crippen LogP contribution in [-0.2, 0) is 29.2 Å². The van der Waals surface area contributed by atoms with Gasteiger partial charge in [-0.1, -0.05) is 143 Å². The molecule has 0 saturated heterocycles. The molecule has 0 saturated carbocycles. The second-order valence-corrected chi connectivity index (χ2v) is 17.7. The van der Waals surface area contributed by atoms with Gasteiger partial charge >= 0.3 is 63.3 Å². The van der Waals surface area contributed by atoms with Gasteiger partial charge in [0.1, 0.15) is 10.1 Å². The quantitative estimate of drug-likeness (QED) is 0.0887. The molecule has 0 aromatic heterocycles. The molecule has 0 aliphatic rings. The Labute approximate surface area is 422 Å². The second-order valence-electron chi connectivity index (χ2n) is 16.3. The molecule has 6 unspecified atom stereocenters. The first-order chi connectivity index (χ1) is 28.5. The van der Waals surface area contributed by atoms with Crippen molar-refractivity contribution in [2.24, 2.45) is 11.3 Å². The Morgan fingerprint density at radius 2 is 0.968 bits per heavy atom. The molecule has 6 atom stereocenters. The van der Waals surface area contributed by atoms with Crippen LogP contribution in [0.3, 0.4) is 0 Å². The molecule has 0 fully saturated rings. The average Bonchev–Trinajstić information content (AvgIpc) is 3.28. The molecule has 0 aliphatic heterocycles. The molecule has 3 rings (SSSR count). The first-order valence-electron chi connectivity index (χ1n) is 22.4. The van der Waals surface area contributed by atoms with E-state index >= 15 is 0 Å². The Kier molecular flexibility index (Phi) is 40.6. The number of ether oxygens (including phenoxy) is 2. The molecule has 0 heterocycles. The standard InChI is InChI=1S/C14H22.C10H14O3S.C10H14.C7H14O2.C6H12O2.C5H9N.K/c1-5-11(3)13-7-9-14(10-8-13)12(4)6-2;1-3-8(2)9-4-6-10(7-5-9)14(11,12)13;1-3-9(2)10-7-5-4-6-8-10;1-5-7(2,3)6(8)9-4;1-4-5(2)8-6(3)7;1-3-5(2)4-6;/h7-12H,5-6H2,1-4H3;4-8H,3H2,1-2H3,(H,11,12,13);4-9H,3H2,1-2H3;5H2,1-4H3;5H,4H2,1-3H3;5H,3H2,1-2H3;/q;;;;;;+1/p-1. The number of hydrogen-bond acceptors (Lipinski definition) is 8. The van der Waals surface area contributed by atoms with Gasteiger partial charge in [0.15, 0.2) is 0 Å². The van der Waals surface area contributed by atoms with Crippen molar-refractivity contribution >= 4 is 22.1 Å². The van der Waals surface area contributed by atoms with E-state index in [0.717, 1.165) is 31.2 Å². The van der Waals surface area contributed by atoms with Crippen molar-refractivity contribution in [1.29, 1.82) is 5.26 Å². The van der Waals surface area contributed by atoms with Crippen molar-refractivity contribution in [1.82, 2.24) is 0 Å². The van der Waals surface area contributed by atoms with E-state index < -0.39 is 10.1 Å². The zero-order valence-corrected chi connectivity index (χ0v) is 46.1. The van der Waals surface area contributed by atoms with Gasteiger partial charge in [0.25, 0.3) is 0 Å². The van der Waals surface area contributed by atoms with Gasteiger partial charge in [-0.05, 0) is 131 Å². The van der Waals surface area contributed by atoms with E-state index in [4.69, 9.17) is 10.00 Å². The molecule has 62 heavy (non-hydrogen) atoms. The molecule has 0 amide bonds. The first-order valence-corrected chi connectivity index (χ1v) is 23.8. The molecule has 0 spiro atoms. The van der Waals surface area contributed by atoms with Crippen molar-refractivity contribution in [3.63, 3.8) is 0 Å². The fraction of sp³-hybridized carbons (Fsp3) is 0.596. The number of carbonyl (C=O) groups excluding carboxylic acids is 2. The molecule has 3 aromatic rings. The van der Waals surface area contributed by atoms with E-state index in [9.17, 15) is 22.6 Å². The summed E-state index contributed by atoms with van der Waals surface area (Å²) < 4.78 is 41.2. The molecule has 346 valence electrons. The molecular weight excluding hydrogens is 822 g/mol. The smallest absolute Gasteiger partial charge is 0.744 e. The van der Waals surface area contributed by atoms with Gasteiger partial charge in [-0.25, -0.2) is 8.42 Å². The summed E-state index contributed by atoms with van der Waals surface area (Å²) in [5, 5.41) is 8.08. The predicted octanol–water partition coefficient (Wildman–Crippen LogP) is 11.5. The Morgan fingerprint density at radius 3 is 1.16 bits per heavy atom. The van der Waals surface area contributed by atoms with Crippen molar-refractivity contribution in [2.75, 3.05) is 7.11 Å². The van der Waals surface area contributed by atoms with Crippen molar-refractivity contribution < 1.29 is 83.4 Å². The number of benzene rings is 3. The van der Waals surface area contributed by atoms with Crippen LogP contribution in [0.5, 0.6) is 0 Å². The van der Waals surface area contributed by atoms with E-state index in [0.29, 0.717) is 23.7 Å². The maximum atomic E-state index is 10.8. The molecule has 0 N–H and O–H groups in total. The zero-order valence-electron chi connectivity index (χ0n) is 42.1. The maximum absolute atomic E-state index is 10.8. The predicted molar refractivity (Wildman–Crippen MR) is 255 cm³/mol. The maximum Gasteiger partial charge on any atom is 1.00 e. The molecular formula is C52H84KNO7S. The van der Waals surface area contributed by atoms with Crippen molar-refractivity contribution in [2.45, 2.75) is 190 Å². The van der Waals surface area contributed by atoms with E-state index in [1.54, 1.807) is 12.1 Å². The van der Waals surface area contributed by atoms with E-state index in [2.05, 4.69) is 121 Å². The van der Waals surface area contributed by atoms with Crippen LogP contribution >= 0.6 is 0 Å². The summed E-state index contributed by atoms with van der Waals surface area (Å²) >= 11 is 0. The van der Waals surface area contributed by atoms with Crippen LogP contribution in [0.2, 0.25) is 0 Å². The summed E-state index contributed by atoms with van der Waals surface area (Å²) in [7, 11) is -2.89. The topological polar surface area (TPSA) is 134 Å². The van der Waals surface area contributed by atoms with E-state index in [1.165, 1.54) is 62.1 Å². The molecule has 0 bridgehead atoms. The van der Waals surface area contributed by atoms with E-state index in [-0.39, 0.29) is 85.7 Å². The van der Waals surface area contributed by atoms with Crippen LogP contribution < -0.4 is 51.4 Å². The van der Waals surface area contributed by atoms with Crippen LogP contribution in [0.15, 0.2) is 83.8 Å². The molecule has 3 aromatic carbocycles. The van der Waals surface area contributed by atoms with Crippen molar-refractivity contribution in [3.05, 3.63) is 101 Å². The summed E-state index contributed by atoms with van der Waals surface area (Å²) in [5.74, 6) is 2.40. The van der Waals surface area contributed by atoms with Crippen LogP contribution in [0.25, 0.3) is 0 Å². The number of nitrogens with zero attached hydrogens (tertiary/aromatic N) is 1. The summed E-state index contributed by atoms with van der Waals surface area (Å²) in [6.07, 6.45) is 7.42. The largest absolute Gasteiger partial charge is 1.00 e. The summed E-state index contributed by atoms with van der Waals surface area (Å²) in [5.41, 5.74) is 5.14. The number of methoxy groups -OCH3 is 1. The fourth-order valence-corrected chi connectivity index (χ4v) is 5.19. The van der Waals surface area contributed by atoms with Crippen LogP contribution in [0.4, 0.5) is 0 Å².